The molecule has 0 bridgehead atoms. The third-order valence-electron chi connectivity index (χ3n) is 4.95. The Bertz CT molecular complexity index is 778. The first-order valence-corrected chi connectivity index (χ1v) is 9.83. The maximum absolute atomic E-state index is 12.9. The molecule has 0 radical (unpaired) electrons. The van der Waals surface area contributed by atoms with Crippen molar-refractivity contribution < 1.29 is 19.1 Å². The smallest absolute Gasteiger partial charge is 0.289 e. The van der Waals surface area contributed by atoms with E-state index in [1.807, 2.05) is 43.9 Å². The standard InChI is InChI=1S/C21H30N2O4/c1-14(2)22-12-16(24)13-26-17-8-7-9-18-19(17)15(3)20(27-18)21(25)23-10-5-4-6-11-23/h7-9,14,16,22,24H,4-6,10-13H2,1-3H3. The van der Waals surface area contributed by atoms with Crippen molar-refractivity contribution in [3.63, 3.8) is 0 Å². The van der Waals surface area contributed by atoms with Crippen molar-refractivity contribution in [3.05, 3.63) is 29.5 Å². The number of nitrogens with zero attached hydrogens (tertiary/aromatic N) is 1. The number of aliphatic hydroxyl groups is 1. The lowest BCUT2D eigenvalue weighted by Crippen LogP contribution is -2.35. The predicted octanol–water partition coefficient (Wildman–Crippen LogP) is 3.11. The van der Waals surface area contributed by atoms with Gasteiger partial charge in [-0.05, 0) is 38.3 Å². The van der Waals surface area contributed by atoms with Crippen molar-refractivity contribution in [2.24, 2.45) is 0 Å². The highest BCUT2D eigenvalue weighted by Crippen LogP contribution is 2.34. The lowest BCUT2D eigenvalue weighted by atomic mass is 10.1. The molecule has 1 aliphatic rings. The second kappa shape index (κ2) is 8.76. The van der Waals surface area contributed by atoms with Gasteiger partial charge in [-0.1, -0.05) is 19.9 Å². The number of nitrogens with one attached hydrogen (secondary N) is 1. The topological polar surface area (TPSA) is 74.9 Å². The number of hydrogen-bond donors (Lipinski definition) is 2. The van der Waals surface area contributed by atoms with Crippen LogP contribution in [0.4, 0.5) is 0 Å². The lowest BCUT2D eigenvalue weighted by molar-refractivity contribution is 0.0693. The summed E-state index contributed by atoms with van der Waals surface area (Å²) in [6.45, 7) is 8.18. The highest BCUT2D eigenvalue weighted by molar-refractivity contribution is 6.00. The Balaban J connectivity index is 1.77. The maximum Gasteiger partial charge on any atom is 0.289 e. The largest absolute Gasteiger partial charge is 0.490 e. The van der Waals surface area contributed by atoms with E-state index >= 15 is 0 Å². The molecule has 0 spiro atoms. The molecule has 1 unspecified atom stereocenters. The molecule has 3 rings (SSSR count). The van der Waals surface area contributed by atoms with Gasteiger partial charge in [0.05, 0.1) is 5.39 Å². The molecular weight excluding hydrogens is 344 g/mol. The summed E-state index contributed by atoms with van der Waals surface area (Å²) in [4.78, 5) is 14.7. The van der Waals surface area contributed by atoms with E-state index in [4.69, 9.17) is 9.15 Å². The number of rotatable bonds is 7. The number of carbonyl (C=O) groups is 1. The number of carbonyl (C=O) groups excluding carboxylic acids is 1. The van der Waals surface area contributed by atoms with Crippen LogP contribution in [0.2, 0.25) is 0 Å². The minimum Gasteiger partial charge on any atom is -0.490 e. The van der Waals surface area contributed by atoms with Crippen LogP contribution in [-0.2, 0) is 0 Å². The number of piperidine rings is 1. The fourth-order valence-electron chi connectivity index (χ4n) is 3.45. The number of likely N-dealkylation sites (tertiary alicyclic amines) is 1. The fraction of sp³-hybridized carbons (Fsp3) is 0.571. The number of benzene rings is 1. The van der Waals surface area contributed by atoms with E-state index in [2.05, 4.69) is 5.32 Å². The Morgan fingerprint density at radius 2 is 2.04 bits per heavy atom. The number of hydrogen-bond acceptors (Lipinski definition) is 5. The molecule has 2 N–H and O–H groups in total. The normalized spacial score (nSPS) is 16.1. The number of furan rings is 1. The highest BCUT2D eigenvalue weighted by atomic mass is 16.5. The van der Waals surface area contributed by atoms with Crippen LogP contribution >= 0.6 is 0 Å². The number of aryl methyl sites for hydroxylation is 1. The Hall–Kier alpha value is -2.05. The number of aliphatic hydroxyl groups excluding tert-OH is 1. The first-order chi connectivity index (χ1) is 13.0. The molecule has 148 valence electrons. The second-order valence-electron chi connectivity index (χ2n) is 7.57. The Labute approximate surface area is 160 Å². The third kappa shape index (κ3) is 4.62. The summed E-state index contributed by atoms with van der Waals surface area (Å²) in [7, 11) is 0. The molecule has 0 aliphatic carbocycles. The molecule has 1 aromatic carbocycles. The predicted molar refractivity (Wildman–Crippen MR) is 105 cm³/mol. The monoisotopic (exact) mass is 374 g/mol. The molecule has 6 heteroatoms. The SMILES string of the molecule is Cc1c(C(=O)N2CCCCC2)oc2cccc(OCC(O)CNC(C)C)c12. The van der Waals surface area contributed by atoms with Crippen LogP contribution < -0.4 is 10.1 Å². The molecule has 6 nitrogen and oxygen atoms in total. The summed E-state index contributed by atoms with van der Waals surface area (Å²) in [6.07, 6.45) is 2.66. The van der Waals surface area contributed by atoms with Crippen LogP contribution in [0.5, 0.6) is 5.75 Å². The summed E-state index contributed by atoms with van der Waals surface area (Å²) in [5.41, 5.74) is 1.44. The molecule has 2 aromatic rings. The molecule has 1 saturated heterocycles. The van der Waals surface area contributed by atoms with Crippen molar-refractivity contribution >= 4 is 16.9 Å². The number of ether oxygens (including phenoxy) is 1. The summed E-state index contributed by atoms with van der Waals surface area (Å²) in [6, 6.07) is 5.85. The van der Waals surface area contributed by atoms with Gasteiger partial charge in [0.25, 0.3) is 5.91 Å². The first-order valence-electron chi connectivity index (χ1n) is 9.83. The zero-order valence-corrected chi connectivity index (χ0v) is 16.5. The van der Waals surface area contributed by atoms with Crippen molar-refractivity contribution in [1.82, 2.24) is 10.2 Å². The van der Waals surface area contributed by atoms with E-state index in [0.29, 0.717) is 29.7 Å². The number of amides is 1. The molecular formula is C21H30N2O4. The molecule has 1 atom stereocenters. The van der Waals surface area contributed by atoms with Crippen molar-refractivity contribution in [3.8, 4) is 5.75 Å². The van der Waals surface area contributed by atoms with E-state index in [1.165, 1.54) is 6.42 Å². The van der Waals surface area contributed by atoms with Gasteiger partial charge in [0, 0.05) is 31.2 Å². The van der Waals surface area contributed by atoms with E-state index in [-0.39, 0.29) is 12.5 Å². The van der Waals surface area contributed by atoms with E-state index in [9.17, 15) is 9.90 Å². The van der Waals surface area contributed by atoms with E-state index in [1.54, 1.807) is 0 Å². The van der Waals surface area contributed by atoms with Crippen LogP contribution in [0.1, 0.15) is 49.2 Å². The summed E-state index contributed by atoms with van der Waals surface area (Å²) >= 11 is 0. The van der Waals surface area contributed by atoms with Crippen LogP contribution in [0.3, 0.4) is 0 Å². The Kier molecular flexibility index (Phi) is 6.39. The van der Waals surface area contributed by atoms with Crippen molar-refractivity contribution in [2.75, 3.05) is 26.2 Å². The number of fused-ring (bicyclic) bond motifs is 1. The Morgan fingerprint density at radius 3 is 2.74 bits per heavy atom. The van der Waals surface area contributed by atoms with Crippen LogP contribution in [0.25, 0.3) is 11.0 Å². The van der Waals surface area contributed by atoms with E-state index in [0.717, 1.165) is 36.9 Å². The highest BCUT2D eigenvalue weighted by Gasteiger charge is 2.25. The maximum atomic E-state index is 12.9. The molecule has 27 heavy (non-hydrogen) atoms. The Morgan fingerprint density at radius 1 is 1.30 bits per heavy atom. The van der Waals surface area contributed by atoms with Crippen molar-refractivity contribution in [2.45, 2.75) is 52.2 Å². The van der Waals surface area contributed by atoms with Gasteiger partial charge in [-0.3, -0.25) is 4.79 Å². The van der Waals surface area contributed by atoms with Crippen LogP contribution in [-0.4, -0.2) is 54.3 Å². The second-order valence-corrected chi connectivity index (χ2v) is 7.57. The fourth-order valence-corrected chi connectivity index (χ4v) is 3.45. The molecule has 1 aliphatic heterocycles. The summed E-state index contributed by atoms with van der Waals surface area (Å²) in [5, 5.41) is 14.1. The molecule has 1 aromatic heterocycles. The van der Waals surface area contributed by atoms with Gasteiger partial charge in [0.2, 0.25) is 0 Å². The first kappa shape index (κ1) is 19.7. The van der Waals surface area contributed by atoms with Gasteiger partial charge < -0.3 is 24.5 Å². The van der Waals surface area contributed by atoms with Gasteiger partial charge in [0.1, 0.15) is 24.0 Å². The molecule has 1 amide bonds. The van der Waals surface area contributed by atoms with Crippen LogP contribution in [0.15, 0.2) is 22.6 Å². The molecule has 1 fully saturated rings. The summed E-state index contributed by atoms with van der Waals surface area (Å²) < 4.78 is 11.8. The zero-order chi connectivity index (χ0) is 19.4. The quantitative estimate of drug-likeness (QED) is 0.779. The minimum absolute atomic E-state index is 0.0458. The van der Waals surface area contributed by atoms with E-state index < -0.39 is 6.10 Å². The van der Waals surface area contributed by atoms with Gasteiger partial charge >= 0.3 is 0 Å². The van der Waals surface area contributed by atoms with Crippen LogP contribution in [0, 0.1) is 6.92 Å². The molecule has 2 heterocycles. The van der Waals surface area contributed by atoms with Gasteiger partial charge in [-0.25, -0.2) is 0 Å². The summed E-state index contributed by atoms with van der Waals surface area (Å²) in [5.74, 6) is 0.982. The van der Waals surface area contributed by atoms with Gasteiger partial charge in [-0.2, -0.15) is 0 Å². The average molecular weight is 374 g/mol. The van der Waals surface area contributed by atoms with Crippen molar-refractivity contribution in [1.29, 1.82) is 0 Å². The molecule has 0 saturated carbocycles. The minimum atomic E-state index is -0.607. The average Bonchev–Trinajstić information content (AvgIpc) is 3.02. The van der Waals surface area contributed by atoms with Gasteiger partial charge in [-0.15, -0.1) is 0 Å². The zero-order valence-electron chi connectivity index (χ0n) is 16.5. The van der Waals surface area contributed by atoms with Gasteiger partial charge in [0.15, 0.2) is 5.76 Å². The third-order valence-corrected chi connectivity index (χ3v) is 4.95. The lowest BCUT2D eigenvalue weighted by Gasteiger charge is -2.25.